The summed E-state index contributed by atoms with van der Waals surface area (Å²) < 4.78 is 33.1. The Kier molecular flexibility index (Phi) is 6.19. The molecule has 1 saturated heterocycles. The van der Waals surface area contributed by atoms with Gasteiger partial charge in [-0.2, -0.15) is 0 Å². The van der Waals surface area contributed by atoms with Gasteiger partial charge in [-0.05, 0) is 44.4 Å². The fourth-order valence-electron chi connectivity index (χ4n) is 2.25. The number of rotatable bonds is 8. The molecule has 21 heavy (non-hydrogen) atoms. The van der Waals surface area contributed by atoms with E-state index in [4.69, 9.17) is 4.74 Å². The summed E-state index contributed by atoms with van der Waals surface area (Å²) >= 11 is 1.35. The maximum absolute atomic E-state index is 12.3. The average Bonchev–Trinajstić information content (AvgIpc) is 3.07. The van der Waals surface area contributed by atoms with E-state index in [0.29, 0.717) is 10.8 Å². The monoisotopic (exact) mass is 332 g/mol. The van der Waals surface area contributed by atoms with Gasteiger partial charge >= 0.3 is 0 Å². The summed E-state index contributed by atoms with van der Waals surface area (Å²) in [7, 11) is -3.42. The highest BCUT2D eigenvalue weighted by molar-refractivity contribution is 7.91. The van der Waals surface area contributed by atoms with Gasteiger partial charge in [0.1, 0.15) is 4.21 Å². The van der Waals surface area contributed by atoms with Crippen molar-refractivity contribution in [1.82, 2.24) is 10.0 Å². The van der Waals surface area contributed by atoms with Crippen molar-refractivity contribution in [3.05, 3.63) is 16.5 Å². The molecule has 120 valence electrons. The number of hydrogen-bond donors (Lipinski definition) is 2. The Morgan fingerprint density at radius 1 is 1.48 bits per heavy atom. The van der Waals surface area contributed by atoms with Crippen molar-refractivity contribution in [2.75, 3.05) is 19.7 Å². The molecule has 0 spiro atoms. The Morgan fingerprint density at radius 2 is 2.29 bits per heavy atom. The van der Waals surface area contributed by atoms with Crippen LogP contribution >= 0.6 is 11.3 Å². The van der Waals surface area contributed by atoms with Crippen molar-refractivity contribution in [1.29, 1.82) is 0 Å². The topological polar surface area (TPSA) is 67.4 Å². The van der Waals surface area contributed by atoms with Crippen LogP contribution in [0, 0.1) is 6.92 Å². The minimum Gasteiger partial charge on any atom is -0.377 e. The summed E-state index contributed by atoms with van der Waals surface area (Å²) in [4.78, 5) is 1.08. The average molecular weight is 332 g/mol. The second-order valence-corrected chi connectivity index (χ2v) is 8.47. The molecule has 0 radical (unpaired) electrons. The molecule has 2 rings (SSSR count). The minimum absolute atomic E-state index is 0.0199. The van der Waals surface area contributed by atoms with Crippen LogP contribution in [-0.4, -0.2) is 34.2 Å². The van der Waals surface area contributed by atoms with Gasteiger partial charge in [-0.1, -0.05) is 6.92 Å². The second kappa shape index (κ2) is 7.69. The lowest BCUT2D eigenvalue weighted by Gasteiger charge is -2.10. The second-order valence-electron chi connectivity index (χ2n) is 5.34. The first kappa shape index (κ1) is 16.9. The lowest BCUT2D eigenvalue weighted by Crippen LogP contribution is -2.31. The summed E-state index contributed by atoms with van der Waals surface area (Å²) in [5.41, 5.74) is 1.03. The van der Waals surface area contributed by atoms with Crippen LogP contribution in [0.25, 0.3) is 0 Å². The van der Waals surface area contributed by atoms with Gasteiger partial charge < -0.3 is 10.1 Å². The molecule has 2 heterocycles. The molecule has 7 heteroatoms. The first-order chi connectivity index (χ1) is 10.0. The predicted octanol–water partition coefficient (Wildman–Crippen LogP) is 2.01. The summed E-state index contributed by atoms with van der Waals surface area (Å²) in [6, 6.07) is 1.76. The maximum Gasteiger partial charge on any atom is 0.250 e. The fraction of sp³-hybridized carbons (Fsp3) is 0.714. The Bertz CT molecular complexity index is 549. The third kappa shape index (κ3) is 4.75. The number of thiophene rings is 1. The van der Waals surface area contributed by atoms with Gasteiger partial charge in [0, 0.05) is 24.6 Å². The predicted molar refractivity (Wildman–Crippen MR) is 85.2 cm³/mol. The van der Waals surface area contributed by atoms with Crippen LogP contribution < -0.4 is 10.0 Å². The molecule has 0 saturated carbocycles. The number of sulfonamides is 1. The number of hydrogen-bond acceptors (Lipinski definition) is 5. The summed E-state index contributed by atoms with van der Waals surface area (Å²) in [6.07, 6.45) is 3.03. The van der Waals surface area contributed by atoms with Crippen LogP contribution in [0.15, 0.2) is 10.3 Å². The standard InChI is InChI=1S/C14H24N2O3S2/c1-3-6-15-10-13-11(2)8-14(20-13)21(17,18)16-9-12-5-4-7-19-12/h8,12,15-16H,3-7,9-10H2,1-2H3. The molecule has 0 amide bonds. The first-order valence-electron chi connectivity index (χ1n) is 7.44. The van der Waals surface area contributed by atoms with E-state index in [0.717, 1.165) is 49.4 Å². The first-order valence-corrected chi connectivity index (χ1v) is 9.74. The van der Waals surface area contributed by atoms with E-state index in [-0.39, 0.29) is 6.10 Å². The molecule has 1 atom stereocenters. The van der Waals surface area contributed by atoms with Crippen molar-refractivity contribution in [2.45, 2.75) is 50.0 Å². The third-order valence-corrected chi connectivity index (χ3v) is 6.63. The van der Waals surface area contributed by atoms with Crippen LogP contribution in [0.5, 0.6) is 0 Å². The SMILES string of the molecule is CCCNCc1sc(S(=O)(=O)NCC2CCCO2)cc1C. The van der Waals surface area contributed by atoms with Crippen LogP contribution in [0.2, 0.25) is 0 Å². The zero-order valence-corrected chi connectivity index (χ0v) is 14.3. The fourth-order valence-corrected chi connectivity index (χ4v) is 4.92. The third-order valence-electron chi connectivity index (χ3n) is 3.50. The molecule has 2 N–H and O–H groups in total. The molecule has 1 unspecified atom stereocenters. The zero-order chi connectivity index (χ0) is 15.3. The van der Waals surface area contributed by atoms with E-state index in [1.54, 1.807) is 6.07 Å². The van der Waals surface area contributed by atoms with Gasteiger partial charge in [0.2, 0.25) is 10.0 Å². The van der Waals surface area contributed by atoms with Gasteiger partial charge in [0.05, 0.1) is 6.10 Å². The highest BCUT2D eigenvalue weighted by atomic mass is 32.2. The van der Waals surface area contributed by atoms with Crippen molar-refractivity contribution in [3.63, 3.8) is 0 Å². The van der Waals surface area contributed by atoms with Gasteiger partial charge in [-0.15, -0.1) is 11.3 Å². The Hall–Kier alpha value is -0.470. The largest absolute Gasteiger partial charge is 0.377 e. The minimum atomic E-state index is -3.42. The van der Waals surface area contributed by atoms with E-state index in [2.05, 4.69) is 17.0 Å². The number of ether oxygens (including phenoxy) is 1. The Morgan fingerprint density at radius 3 is 2.95 bits per heavy atom. The van der Waals surface area contributed by atoms with Crippen LogP contribution in [0.1, 0.15) is 36.6 Å². The highest BCUT2D eigenvalue weighted by Crippen LogP contribution is 2.26. The summed E-state index contributed by atoms with van der Waals surface area (Å²) in [5.74, 6) is 0. The molecule has 5 nitrogen and oxygen atoms in total. The normalized spacial score (nSPS) is 19.2. The molecule has 1 aliphatic heterocycles. The smallest absolute Gasteiger partial charge is 0.250 e. The number of nitrogens with one attached hydrogen (secondary N) is 2. The van der Waals surface area contributed by atoms with E-state index in [1.165, 1.54) is 11.3 Å². The van der Waals surface area contributed by atoms with E-state index in [9.17, 15) is 8.42 Å². The quantitative estimate of drug-likeness (QED) is 0.715. The van der Waals surface area contributed by atoms with Gasteiger partial charge in [0.25, 0.3) is 0 Å². The molecule has 0 aliphatic carbocycles. The van der Waals surface area contributed by atoms with Crippen molar-refractivity contribution in [3.8, 4) is 0 Å². The lowest BCUT2D eigenvalue weighted by atomic mass is 10.2. The summed E-state index contributed by atoms with van der Waals surface area (Å²) in [5, 5.41) is 3.31. The van der Waals surface area contributed by atoms with Crippen LogP contribution in [0.4, 0.5) is 0 Å². The highest BCUT2D eigenvalue weighted by Gasteiger charge is 2.22. The molecule has 0 aromatic carbocycles. The van der Waals surface area contributed by atoms with Gasteiger partial charge in [-0.25, -0.2) is 13.1 Å². The molecule has 1 aromatic heterocycles. The number of aryl methyl sites for hydroxylation is 1. The van der Waals surface area contributed by atoms with E-state index < -0.39 is 10.0 Å². The van der Waals surface area contributed by atoms with Crippen molar-refractivity contribution in [2.24, 2.45) is 0 Å². The molecule has 0 bridgehead atoms. The molecule has 1 fully saturated rings. The van der Waals surface area contributed by atoms with Gasteiger partial charge in [0.15, 0.2) is 0 Å². The van der Waals surface area contributed by atoms with Crippen molar-refractivity contribution >= 4 is 21.4 Å². The Balaban J connectivity index is 1.96. The zero-order valence-electron chi connectivity index (χ0n) is 12.6. The van der Waals surface area contributed by atoms with E-state index in [1.807, 2.05) is 6.92 Å². The van der Waals surface area contributed by atoms with E-state index >= 15 is 0 Å². The van der Waals surface area contributed by atoms with Crippen LogP contribution in [0.3, 0.4) is 0 Å². The maximum atomic E-state index is 12.3. The van der Waals surface area contributed by atoms with Gasteiger partial charge in [-0.3, -0.25) is 0 Å². The molecular formula is C14H24N2O3S2. The molecular weight excluding hydrogens is 308 g/mol. The molecule has 1 aromatic rings. The lowest BCUT2D eigenvalue weighted by molar-refractivity contribution is 0.114. The van der Waals surface area contributed by atoms with Crippen LogP contribution in [-0.2, 0) is 21.3 Å². The molecule has 1 aliphatic rings. The van der Waals surface area contributed by atoms with Crippen molar-refractivity contribution < 1.29 is 13.2 Å². The Labute approximate surface area is 131 Å². The summed E-state index contributed by atoms with van der Waals surface area (Å²) in [6.45, 7) is 6.83.